The highest BCUT2D eigenvalue weighted by Gasteiger charge is 2.36. The Balaban J connectivity index is 0.898. The van der Waals surface area contributed by atoms with Crippen molar-refractivity contribution in [2.75, 3.05) is 72.4 Å². The van der Waals surface area contributed by atoms with E-state index in [0.29, 0.717) is 95.3 Å². The van der Waals surface area contributed by atoms with E-state index in [1.165, 1.54) is 30.5 Å². The average Bonchev–Trinajstić information content (AvgIpc) is 4.00. The Morgan fingerprint density at radius 1 is 0.836 bits per heavy atom. The highest BCUT2D eigenvalue weighted by Crippen LogP contribution is 2.28. The van der Waals surface area contributed by atoms with E-state index >= 15 is 0 Å². The zero-order chi connectivity index (χ0) is 48.4. The molecule has 0 aliphatic carbocycles. The Hall–Kier alpha value is -5.80. The third-order valence-electron chi connectivity index (χ3n) is 11.1. The second-order valence-corrected chi connectivity index (χ2v) is 17.4. The van der Waals surface area contributed by atoms with E-state index in [4.69, 9.17) is 24.7 Å². The largest absolute Gasteiger partial charge is 0.573 e. The summed E-state index contributed by atoms with van der Waals surface area (Å²) < 4.78 is 65.7. The normalized spacial score (nSPS) is 15.0. The van der Waals surface area contributed by atoms with Crippen LogP contribution in [0.3, 0.4) is 0 Å². The molecule has 4 N–H and O–H groups in total. The summed E-state index contributed by atoms with van der Waals surface area (Å²) in [5.41, 5.74) is 7.01. The molecule has 2 saturated heterocycles. The lowest BCUT2D eigenvalue weighted by Gasteiger charge is -2.33. The minimum Gasteiger partial charge on any atom is -0.474 e. The van der Waals surface area contributed by atoms with Crippen LogP contribution in [-0.2, 0) is 46.4 Å². The fourth-order valence-corrected chi connectivity index (χ4v) is 7.45. The Labute approximate surface area is 388 Å². The number of pyridine rings is 1. The van der Waals surface area contributed by atoms with E-state index in [0.717, 1.165) is 25.9 Å². The highest BCUT2D eigenvalue weighted by atomic mass is 19.4. The lowest BCUT2D eigenvalue weighted by atomic mass is 9.85. The Kier molecular flexibility index (Phi) is 19.8. The molecular formula is C46H63F3N8O10. The number of primary amides is 1. The van der Waals surface area contributed by atoms with Crippen LogP contribution in [0.2, 0.25) is 0 Å². The van der Waals surface area contributed by atoms with Gasteiger partial charge in [-0.3, -0.25) is 24.0 Å². The number of aryl methyl sites for hydroxylation is 1. The fourth-order valence-electron chi connectivity index (χ4n) is 7.45. The molecule has 1 aromatic carbocycles. The molecule has 1 atom stereocenters. The van der Waals surface area contributed by atoms with E-state index in [-0.39, 0.29) is 72.8 Å². The van der Waals surface area contributed by atoms with Crippen molar-refractivity contribution in [3.8, 4) is 22.9 Å². The van der Waals surface area contributed by atoms with Gasteiger partial charge in [-0.25, -0.2) is 9.97 Å². The second-order valence-electron chi connectivity index (χ2n) is 17.4. The summed E-state index contributed by atoms with van der Waals surface area (Å²) in [6, 6.07) is 6.15. The number of alkyl halides is 3. The molecule has 4 heterocycles. The van der Waals surface area contributed by atoms with Crippen LogP contribution in [0.15, 0.2) is 49.1 Å². The molecule has 3 aromatic rings. The van der Waals surface area contributed by atoms with Gasteiger partial charge in [-0.2, -0.15) is 0 Å². The van der Waals surface area contributed by atoms with Crippen molar-refractivity contribution in [3.63, 3.8) is 0 Å². The van der Waals surface area contributed by atoms with Crippen LogP contribution in [0.4, 0.5) is 13.2 Å². The summed E-state index contributed by atoms with van der Waals surface area (Å²) in [5.74, 6) is -1.58. The maximum atomic E-state index is 13.0. The van der Waals surface area contributed by atoms with Gasteiger partial charge in [-0.05, 0) is 48.4 Å². The topological polar surface area (TPSA) is 219 Å². The van der Waals surface area contributed by atoms with Crippen molar-refractivity contribution in [3.05, 3.63) is 60.2 Å². The van der Waals surface area contributed by atoms with Gasteiger partial charge in [0.05, 0.1) is 58.1 Å². The maximum Gasteiger partial charge on any atom is 0.573 e. The third-order valence-corrected chi connectivity index (χ3v) is 11.1. The molecule has 18 nitrogen and oxygen atoms in total. The van der Waals surface area contributed by atoms with Crippen LogP contribution >= 0.6 is 0 Å². The zero-order valence-corrected chi connectivity index (χ0v) is 38.4. The minimum atomic E-state index is -4.80. The van der Waals surface area contributed by atoms with Gasteiger partial charge in [0.15, 0.2) is 0 Å². The van der Waals surface area contributed by atoms with Gasteiger partial charge in [0.25, 0.3) is 5.91 Å². The molecule has 67 heavy (non-hydrogen) atoms. The van der Waals surface area contributed by atoms with Crippen LogP contribution in [0, 0.1) is 5.41 Å². The minimum absolute atomic E-state index is 0.0171. The number of piperidine rings is 1. The molecular weight excluding hydrogens is 882 g/mol. The first-order valence-corrected chi connectivity index (χ1v) is 22.6. The molecule has 368 valence electrons. The number of aromatic nitrogens is 3. The van der Waals surface area contributed by atoms with E-state index in [9.17, 15) is 37.1 Å². The smallest absolute Gasteiger partial charge is 0.474 e. The van der Waals surface area contributed by atoms with Gasteiger partial charge in [-0.1, -0.05) is 32.9 Å². The molecule has 0 saturated carbocycles. The summed E-state index contributed by atoms with van der Waals surface area (Å²) in [4.78, 5) is 75.5. The fraction of sp³-hybridized carbons (Fsp3) is 0.587. The number of halogens is 3. The molecule has 21 heteroatoms. The molecule has 0 radical (unpaired) electrons. The quantitative estimate of drug-likeness (QED) is 0.103. The summed E-state index contributed by atoms with van der Waals surface area (Å²) in [5, 5.41) is 5.73. The van der Waals surface area contributed by atoms with Crippen LogP contribution in [0.25, 0.3) is 11.3 Å². The lowest BCUT2D eigenvalue weighted by Crippen LogP contribution is -2.54. The van der Waals surface area contributed by atoms with E-state index in [1.807, 2.05) is 30.2 Å². The van der Waals surface area contributed by atoms with Gasteiger partial charge in [0.2, 0.25) is 29.5 Å². The molecule has 5 rings (SSSR count). The third kappa shape index (κ3) is 17.7. The number of nitrogens with zero attached hydrogens (tertiary/aromatic N) is 5. The lowest BCUT2D eigenvalue weighted by molar-refractivity contribution is -0.274. The predicted octanol–water partition coefficient (Wildman–Crippen LogP) is 4.04. The van der Waals surface area contributed by atoms with E-state index < -0.39 is 23.7 Å². The number of rotatable bonds is 25. The zero-order valence-electron chi connectivity index (χ0n) is 38.4. The molecule has 0 spiro atoms. The van der Waals surface area contributed by atoms with Crippen molar-refractivity contribution in [2.45, 2.75) is 97.2 Å². The number of hydrogen-bond donors (Lipinski definition) is 3. The predicted molar refractivity (Wildman–Crippen MR) is 238 cm³/mol. The molecule has 2 fully saturated rings. The molecule has 2 aliphatic rings. The van der Waals surface area contributed by atoms with Crippen LogP contribution in [0.5, 0.6) is 11.6 Å². The van der Waals surface area contributed by atoms with Crippen molar-refractivity contribution >= 4 is 29.5 Å². The number of ether oxygens (including phenoxy) is 5. The first kappa shape index (κ1) is 52.2. The van der Waals surface area contributed by atoms with Crippen LogP contribution in [-0.4, -0.2) is 145 Å². The van der Waals surface area contributed by atoms with Crippen molar-refractivity contribution in [2.24, 2.45) is 11.1 Å². The Morgan fingerprint density at radius 2 is 1.49 bits per heavy atom. The maximum absolute atomic E-state index is 13.0. The van der Waals surface area contributed by atoms with Gasteiger partial charge in [-0.15, -0.1) is 13.2 Å². The SMILES string of the molecule is CC(C)(C)[C@H](NC(=O)CCOCCOCCOCCNC(=O)CCCn1cnc(-c2cnc(OC3CCN(C(=O)Cc4ccc(OC(F)(F)F)cc4)CC3)c(C(N)=O)c2)c1)C(=O)N1CCCC1. The first-order chi connectivity index (χ1) is 31.9. The van der Waals surface area contributed by atoms with Crippen molar-refractivity contribution in [1.29, 1.82) is 0 Å². The second kappa shape index (κ2) is 25.4. The molecule has 2 aliphatic heterocycles. The van der Waals surface area contributed by atoms with Crippen LogP contribution in [0.1, 0.15) is 81.6 Å². The van der Waals surface area contributed by atoms with E-state index in [2.05, 4.69) is 25.3 Å². The average molecular weight is 945 g/mol. The number of benzene rings is 1. The standard InChI is InChI=1S/C46H63F3N8O10/c1-45(2,3)41(44(62)57-17-4-5-18-57)54-39(59)14-21-63-23-25-65-26-24-64-22-15-51-38(58)7-6-16-55-30-37(53-31-55)33-28-36(42(50)61)43(52-29-33)66-34-12-19-56(20-13-34)40(60)27-32-8-10-35(11-9-32)67-46(47,48)49/h8-11,28-31,34,41H,4-7,12-27H2,1-3H3,(H2,50,61)(H,51,58)(H,54,59)/t41-/m1/s1. The van der Waals surface area contributed by atoms with Crippen molar-refractivity contribution < 1.29 is 60.8 Å². The van der Waals surface area contributed by atoms with Crippen LogP contribution < -0.4 is 25.8 Å². The number of nitrogens with one attached hydrogen (secondary N) is 2. The van der Waals surface area contributed by atoms with Crippen molar-refractivity contribution in [1.82, 2.24) is 35.0 Å². The van der Waals surface area contributed by atoms with Gasteiger partial charge in [0.1, 0.15) is 23.5 Å². The highest BCUT2D eigenvalue weighted by molar-refractivity contribution is 5.96. The number of imidazole rings is 1. The number of likely N-dealkylation sites (tertiary alicyclic amines) is 2. The molecule has 2 aromatic heterocycles. The van der Waals surface area contributed by atoms with E-state index in [1.54, 1.807) is 23.5 Å². The molecule has 0 bridgehead atoms. The number of carbonyl (C=O) groups is 5. The van der Waals surface area contributed by atoms with Gasteiger partial charge in [0, 0.05) is 82.9 Å². The first-order valence-electron chi connectivity index (χ1n) is 22.6. The number of amides is 5. The summed E-state index contributed by atoms with van der Waals surface area (Å²) in [7, 11) is 0. The number of nitrogens with two attached hydrogens (primary N) is 1. The summed E-state index contributed by atoms with van der Waals surface area (Å²) >= 11 is 0. The molecule has 5 amide bonds. The number of hydrogen-bond acceptors (Lipinski definition) is 12. The van der Waals surface area contributed by atoms with Gasteiger partial charge < -0.3 is 54.4 Å². The number of carbonyl (C=O) groups excluding carboxylic acids is 5. The van der Waals surface area contributed by atoms with Gasteiger partial charge >= 0.3 is 6.36 Å². The monoisotopic (exact) mass is 944 g/mol. The molecule has 0 unspecified atom stereocenters. The summed E-state index contributed by atoms with van der Waals surface area (Å²) in [6.45, 7) is 10.8. The Morgan fingerprint density at radius 3 is 2.13 bits per heavy atom. The summed E-state index contributed by atoms with van der Waals surface area (Å²) in [6.07, 6.45) is 3.70. The Bertz CT molecular complexity index is 2080.